The molecule has 0 atom stereocenters. The smallest absolute Gasteiger partial charge is 0.329 e. The molecular weight excluding hydrogens is 338 g/mol. The molecule has 27 heavy (non-hydrogen) atoms. The molecule has 0 saturated heterocycles. The first-order chi connectivity index (χ1) is 12.8. The van der Waals surface area contributed by atoms with Crippen LogP contribution in [0.3, 0.4) is 0 Å². The second-order valence-corrected chi connectivity index (χ2v) is 7.45. The largest absolute Gasteiger partial charge is 0.436 e. The van der Waals surface area contributed by atoms with Gasteiger partial charge >= 0.3 is 5.69 Å². The average molecular weight is 367 g/mol. The van der Waals surface area contributed by atoms with E-state index in [9.17, 15) is 4.79 Å². The highest BCUT2D eigenvalue weighted by atomic mass is 16.5. The van der Waals surface area contributed by atoms with E-state index in [4.69, 9.17) is 4.74 Å². The molecule has 0 amide bonds. The first-order valence-electron chi connectivity index (χ1n) is 9.62. The number of rotatable bonds is 5. The van der Waals surface area contributed by atoms with Crippen LogP contribution < -0.4 is 10.4 Å². The quantitative estimate of drug-likeness (QED) is 0.629. The minimum Gasteiger partial charge on any atom is -0.436 e. The van der Waals surface area contributed by atoms with Gasteiger partial charge in [-0.3, -0.25) is 9.13 Å². The molecule has 5 nitrogen and oxygen atoms in total. The molecule has 144 valence electrons. The van der Waals surface area contributed by atoms with Gasteiger partial charge < -0.3 is 4.74 Å². The molecule has 0 aliphatic heterocycles. The van der Waals surface area contributed by atoms with Gasteiger partial charge in [0.15, 0.2) is 0 Å². The number of hydrogen-bond donors (Lipinski definition) is 0. The van der Waals surface area contributed by atoms with E-state index in [0.29, 0.717) is 5.88 Å². The molecule has 3 rings (SSSR count). The molecule has 0 spiro atoms. The standard InChI is InChI=1S/C22H29N3O2/c1-8-17(9-2)25-18-12-16(6)23-21(19(18)24(7)22(25)26)27-20-14(4)10-13(3)11-15(20)5/h10-12,17H,8-9H2,1-7H3. The fourth-order valence-corrected chi connectivity index (χ4v) is 3.98. The number of pyridine rings is 1. The van der Waals surface area contributed by atoms with Crippen molar-refractivity contribution in [3.8, 4) is 11.6 Å². The zero-order chi connectivity index (χ0) is 19.9. The maximum atomic E-state index is 13.0. The third-order valence-electron chi connectivity index (χ3n) is 5.27. The first-order valence-corrected chi connectivity index (χ1v) is 9.62. The van der Waals surface area contributed by atoms with E-state index in [2.05, 4.69) is 37.9 Å². The number of hydrogen-bond acceptors (Lipinski definition) is 3. The van der Waals surface area contributed by atoms with Gasteiger partial charge in [-0.25, -0.2) is 9.78 Å². The molecule has 5 heteroatoms. The van der Waals surface area contributed by atoms with Crippen LogP contribution in [0.2, 0.25) is 0 Å². The highest BCUT2D eigenvalue weighted by Crippen LogP contribution is 2.34. The number of nitrogens with zero attached hydrogens (tertiary/aromatic N) is 3. The Labute approximate surface area is 160 Å². The summed E-state index contributed by atoms with van der Waals surface area (Å²) in [6, 6.07) is 6.35. The van der Waals surface area contributed by atoms with Gasteiger partial charge in [0.2, 0.25) is 5.88 Å². The normalized spacial score (nSPS) is 11.6. The second kappa shape index (κ2) is 7.22. The lowest BCUT2D eigenvalue weighted by molar-refractivity contribution is 0.458. The maximum Gasteiger partial charge on any atom is 0.329 e. The van der Waals surface area contributed by atoms with Crippen LogP contribution in [0.25, 0.3) is 11.0 Å². The number of benzene rings is 1. The van der Waals surface area contributed by atoms with Gasteiger partial charge in [-0.05, 0) is 57.7 Å². The molecule has 3 aromatic rings. The molecule has 2 heterocycles. The molecule has 0 aliphatic carbocycles. The minimum atomic E-state index is -0.0201. The Kier molecular flexibility index (Phi) is 5.13. The highest BCUT2D eigenvalue weighted by Gasteiger charge is 2.22. The molecular formula is C22H29N3O2. The molecule has 0 radical (unpaired) electrons. The van der Waals surface area contributed by atoms with Crippen LogP contribution in [-0.4, -0.2) is 14.1 Å². The summed E-state index contributed by atoms with van der Waals surface area (Å²) >= 11 is 0. The molecule has 0 fully saturated rings. The van der Waals surface area contributed by atoms with E-state index >= 15 is 0 Å². The van der Waals surface area contributed by atoms with Crippen LogP contribution >= 0.6 is 0 Å². The van der Waals surface area contributed by atoms with Gasteiger partial charge in [0.1, 0.15) is 11.3 Å². The number of imidazole rings is 1. The van der Waals surface area contributed by atoms with Gasteiger partial charge in [-0.15, -0.1) is 0 Å². The van der Waals surface area contributed by atoms with E-state index < -0.39 is 0 Å². The predicted octanol–water partition coefficient (Wildman–Crippen LogP) is 5.12. The van der Waals surface area contributed by atoms with Crippen LogP contribution in [0.4, 0.5) is 0 Å². The van der Waals surface area contributed by atoms with E-state index in [-0.39, 0.29) is 11.7 Å². The summed E-state index contributed by atoms with van der Waals surface area (Å²) in [5.41, 5.74) is 5.78. The average Bonchev–Trinajstić information content (AvgIpc) is 2.84. The topological polar surface area (TPSA) is 49.0 Å². The summed E-state index contributed by atoms with van der Waals surface area (Å²) in [6.45, 7) is 12.3. The van der Waals surface area contributed by atoms with E-state index in [1.54, 1.807) is 11.6 Å². The van der Waals surface area contributed by atoms with Gasteiger partial charge in [-0.2, -0.15) is 0 Å². The third kappa shape index (κ3) is 3.27. The van der Waals surface area contributed by atoms with E-state index in [1.807, 2.05) is 31.4 Å². The van der Waals surface area contributed by atoms with Crippen molar-refractivity contribution in [2.24, 2.45) is 7.05 Å². The van der Waals surface area contributed by atoms with Crippen LogP contribution in [-0.2, 0) is 7.05 Å². The summed E-state index contributed by atoms with van der Waals surface area (Å²) < 4.78 is 9.86. The Bertz CT molecular complexity index is 1030. The minimum absolute atomic E-state index is 0.0201. The molecule has 0 saturated carbocycles. The van der Waals surface area contributed by atoms with Crippen LogP contribution in [0.1, 0.15) is 55.1 Å². The summed E-state index contributed by atoms with van der Waals surface area (Å²) in [7, 11) is 1.79. The van der Waals surface area contributed by atoms with Crippen molar-refractivity contribution in [3.63, 3.8) is 0 Å². The van der Waals surface area contributed by atoms with Gasteiger partial charge in [-0.1, -0.05) is 31.5 Å². The Morgan fingerprint density at radius 2 is 1.63 bits per heavy atom. The summed E-state index contributed by atoms with van der Waals surface area (Å²) in [6.07, 6.45) is 1.81. The van der Waals surface area contributed by atoms with Crippen molar-refractivity contribution < 1.29 is 4.74 Å². The van der Waals surface area contributed by atoms with Crippen LogP contribution in [0, 0.1) is 27.7 Å². The Morgan fingerprint density at radius 3 is 2.19 bits per heavy atom. The lowest BCUT2D eigenvalue weighted by Crippen LogP contribution is -2.25. The zero-order valence-electron chi connectivity index (χ0n) is 17.4. The monoisotopic (exact) mass is 367 g/mol. The lowest BCUT2D eigenvalue weighted by atomic mass is 10.1. The Morgan fingerprint density at radius 1 is 1.04 bits per heavy atom. The lowest BCUT2D eigenvalue weighted by Gasteiger charge is -2.16. The van der Waals surface area contributed by atoms with Crippen molar-refractivity contribution in [1.29, 1.82) is 0 Å². The number of ether oxygens (including phenoxy) is 1. The number of aryl methyl sites for hydroxylation is 5. The molecule has 1 aromatic carbocycles. The van der Waals surface area contributed by atoms with Crippen molar-refractivity contribution in [2.45, 2.75) is 60.4 Å². The summed E-state index contributed by atoms with van der Waals surface area (Å²) in [5, 5.41) is 0. The van der Waals surface area contributed by atoms with E-state index in [0.717, 1.165) is 46.4 Å². The summed E-state index contributed by atoms with van der Waals surface area (Å²) in [4.78, 5) is 17.6. The van der Waals surface area contributed by atoms with Crippen molar-refractivity contribution >= 4 is 11.0 Å². The fraction of sp³-hybridized carbons (Fsp3) is 0.455. The van der Waals surface area contributed by atoms with Crippen LogP contribution in [0.15, 0.2) is 23.0 Å². The summed E-state index contributed by atoms with van der Waals surface area (Å²) in [5.74, 6) is 1.30. The Balaban J connectivity index is 2.27. The van der Waals surface area contributed by atoms with Crippen LogP contribution in [0.5, 0.6) is 11.6 Å². The highest BCUT2D eigenvalue weighted by molar-refractivity contribution is 5.82. The Hall–Kier alpha value is -2.56. The predicted molar refractivity (Wildman–Crippen MR) is 110 cm³/mol. The molecule has 0 aliphatic rings. The number of fused-ring (bicyclic) bond motifs is 1. The molecule has 0 N–H and O–H groups in total. The SMILES string of the molecule is CCC(CC)n1c(=O)n(C)c2c(Oc3c(C)cc(C)cc3C)nc(C)cc21. The van der Waals surface area contributed by atoms with Gasteiger partial charge in [0.25, 0.3) is 0 Å². The van der Waals surface area contributed by atoms with E-state index in [1.165, 1.54) is 5.56 Å². The fourth-order valence-electron chi connectivity index (χ4n) is 3.98. The number of aromatic nitrogens is 3. The molecule has 2 aromatic heterocycles. The molecule has 0 bridgehead atoms. The zero-order valence-corrected chi connectivity index (χ0v) is 17.4. The third-order valence-corrected chi connectivity index (χ3v) is 5.27. The maximum absolute atomic E-state index is 13.0. The van der Waals surface area contributed by atoms with Crippen molar-refractivity contribution in [2.75, 3.05) is 0 Å². The van der Waals surface area contributed by atoms with Gasteiger partial charge in [0, 0.05) is 18.8 Å². The molecule has 0 unspecified atom stereocenters. The van der Waals surface area contributed by atoms with Crippen molar-refractivity contribution in [3.05, 3.63) is 51.1 Å². The first kappa shape index (κ1) is 19.2. The van der Waals surface area contributed by atoms with Gasteiger partial charge in [0.05, 0.1) is 5.52 Å². The second-order valence-electron chi connectivity index (χ2n) is 7.45. The van der Waals surface area contributed by atoms with Crippen molar-refractivity contribution in [1.82, 2.24) is 14.1 Å².